The van der Waals surface area contributed by atoms with E-state index in [1.54, 1.807) is 0 Å². The molecule has 0 saturated heterocycles. The Kier molecular flexibility index (Phi) is 22.9. The summed E-state index contributed by atoms with van der Waals surface area (Å²) in [6.45, 7) is 16.0. The molecule has 1 heteroatoms. The summed E-state index contributed by atoms with van der Waals surface area (Å²) in [6.07, 6.45) is 3.72. The van der Waals surface area contributed by atoms with E-state index >= 15 is 0 Å². The summed E-state index contributed by atoms with van der Waals surface area (Å²) in [5.41, 5.74) is 0. The zero-order chi connectivity index (χ0) is 9.28. The fraction of sp³-hybridized carbons (Fsp3) is 0.818. The van der Waals surface area contributed by atoms with Crippen molar-refractivity contribution in [3.05, 3.63) is 13.8 Å². The average Bonchev–Trinajstić information content (AvgIpc) is 1.82. The van der Waals surface area contributed by atoms with Crippen molar-refractivity contribution >= 4 is 0 Å². The van der Waals surface area contributed by atoms with Crippen molar-refractivity contribution in [2.24, 2.45) is 11.8 Å². The van der Waals surface area contributed by atoms with Crippen molar-refractivity contribution in [2.75, 3.05) is 0 Å². The fourth-order valence-corrected chi connectivity index (χ4v) is 0.553. The van der Waals surface area contributed by atoms with Gasteiger partial charge in [0.05, 0.1) is 0 Å². The second kappa shape index (κ2) is 14.6. The molecule has 0 aromatic rings. The maximum Gasteiger partial charge on any atom is 0 e. The first-order valence-electron chi connectivity index (χ1n) is 4.63. The molecule has 0 bridgehead atoms. The third-order valence-corrected chi connectivity index (χ3v) is 1.03. The summed E-state index contributed by atoms with van der Waals surface area (Å²) in [4.78, 5) is 0. The third kappa shape index (κ3) is 43.5. The molecule has 0 N–H and O–H groups in total. The maximum absolute atomic E-state index is 3.76. The molecule has 0 aliphatic rings. The number of unbranched alkanes of at least 4 members (excludes halogenated alkanes) is 1. The van der Waals surface area contributed by atoms with Crippen LogP contribution in [0.1, 0.15) is 47.0 Å². The summed E-state index contributed by atoms with van der Waals surface area (Å²) in [7, 11) is 0. The Hall–Kier alpha value is 1.10. The Labute approximate surface area is 105 Å². The van der Waals surface area contributed by atoms with E-state index in [9.17, 15) is 0 Å². The first kappa shape index (κ1) is 18.8. The summed E-state index contributed by atoms with van der Waals surface area (Å²) in [5.74, 6) is 1.45. The van der Waals surface area contributed by atoms with Crippen LogP contribution in [0.15, 0.2) is 0 Å². The number of hydrogen-bond acceptors (Lipinski definition) is 0. The van der Waals surface area contributed by atoms with E-state index in [1.807, 2.05) is 0 Å². The van der Waals surface area contributed by atoms with Crippen molar-refractivity contribution in [1.29, 1.82) is 0 Å². The van der Waals surface area contributed by atoms with Gasteiger partial charge in [-0.05, 0) is 5.92 Å². The van der Waals surface area contributed by atoms with Gasteiger partial charge in [-0.15, -0.1) is 0 Å². The largest absolute Gasteiger partial charge is 0.343 e. The van der Waals surface area contributed by atoms with Gasteiger partial charge in [-0.1, -0.05) is 40.5 Å². The van der Waals surface area contributed by atoms with Gasteiger partial charge in [0.2, 0.25) is 0 Å². The molecule has 12 heavy (non-hydrogen) atoms. The van der Waals surface area contributed by atoms with Crippen LogP contribution in [-0.4, -0.2) is 0 Å². The predicted molar refractivity (Wildman–Crippen MR) is 54.2 cm³/mol. The zero-order valence-corrected chi connectivity index (χ0v) is 12.1. The summed E-state index contributed by atoms with van der Waals surface area (Å²) in [6, 6.07) is 0. The molecule has 0 nitrogen and oxygen atoms in total. The average molecular weight is 245 g/mol. The number of hydrogen-bond donors (Lipinski definition) is 0. The van der Waals surface area contributed by atoms with Gasteiger partial charge in [0.1, 0.15) is 0 Å². The Bertz CT molecular complexity index is 55.3. The van der Waals surface area contributed by atoms with Crippen LogP contribution in [0.25, 0.3) is 0 Å². The molecule has 0 aliphatic carbocycles. The molecule has 0 amide bonds. The van der Waals surface area contributed by atoms with Crippen LogP contribution in [0.2, 0.25) is 0 Å². The molecule has 0 aromatic heterocycles. The molecular formula is C11H24Y-2. The second-order valence-electron chi connectivity index (χ2n) is 3.78. The van der Waals surface area contributed by atoms with Gasteiger partial charge in [-0.2, -0.15) is 12.3 Å². The van der Waals surface area contributed by atoms with E-state index < -0.39 is 0 Å². The molecule has 0 fully saturated rings. The van der Waals surface area contributed by atoms with Gasteiger partial charge in [0.25, 0.3) is 0 Å². The Morgan fingerprint density at radius 3 is 1.50 bits per heavy atom. The van der Waals surface area contributed by atoms with Crippen LogP contribution in [-0.2, 0) is 32.7 Å². The molecule has 0 heterocycles. The molecular weight excluding hydrogens is 221 g/mol. The molecule has 0 spiro atoms. The van der Waals surface area contributed by atoms with Gasteiger partial charge < -0.3 is 13.8 Å². The van der Waals surface area contributed by atoms with Crippen molar-refractivity contribution in [3.63, 3.8) is 0 Å². The minimum absolute atomic E-state index is 0. The quantitative estimate of drug-likeness (QED) is 0.656. The smallest absolute Gasteiger partial charge is 0 e. The van der Waals surface area contributed by atoms with Crippen LogP contribution < -0.4 is 0 Å². The first-order chi connectivity index (χ1) is 5.00. The van der Waals surface area contributed by atoms with Crippen LogP contribution in [0.4, 0.5) is 0 Å². The van der Waals surface area contributed by atoms with Gasteiger partial charge in [-0.3, -0.25) is 0 Å². The molecule has 0 rings (SSSR count). The van der Waals surface area contributed by atoms with Crippen molar-refractivity contribution in [3.8, 4) is 0 Å². The zero-order valence-electron chi connectivity index (χ0n) is 9.27. The maximum atomic E-state index is 3.76. The molecule has 0 saturated carbocycles. The van der Waals surface area contributed by atoms with E-state index in [0.29, 0.717) is 5.92 Å². The normalized spacial score (nSPS) is 9.00. The first-order valence-corrected chi connectivity index (χ1v) is 4.63. The Balaban J connectivity index is -0.000000142. The van der Waals surface area contributed by atoms with E-state index in [0.717, 1.165) is 12.3 Å². The Morgan fingerprint density at radius 2 is 1.42 bits per heavy atom. The molecule has 0 aliphatic heterocycles. The van der Waals surface area contributed by atoms with Crippen LogP contribution >= 0.6 is 0 Å². The van der Waals surface area contributed by atoms with Gasteiger partial charge in [0.15, 0.2) is 0 Å². The third-order valence-electron chi connectivity index (χ3n) is 1.03. The summed E-state index contributed by atoms with van der Waals surface area (Å²) >= 11 is 0. The monoisotopic (exact) mass is 245 g/mol. The van der Waals surface area contributed by atoms with E-state index in [-0.39, 0.29) is 32.7 Å². The van der Waals surface area contributed by atoms with E-state index in [4.69, 9.17) is 0 Å². The topological polar surface area (TPSA) is 0 Å². The predicted octanol–water partition coefficient (Wildman–Crippen LogP) is 4.12. The van der Waals surface area contributed by atoms with E-state index in [1.165, 1.54) is 12.8 Å². The fourth-order valence-electron chi connectivity index (χ4n) is 0.553. The molecule has 1 radical (unpaired) electrons. The van der Waals surface area contributed by atoms with Crippen molar-refractivity contribution < 1.29 is 32.7 Å². The summed E-state index contributed by atoms with van der Waals surface area (Å²) in [5, 5.41) is 0. The minimum atomic E-state index is 0. The molecule has 0 unspecified atom stereocenters. The van der Waals surface area contributed by atoms with E-state index in [2.05, 4.69) is 41.5 Å². The standard InChI is InChI=1S/C7H15.C4H9.Y/c1-4-5-6-7(2)3;1-4(2)3;/h7H,1,4-6H2,2-3H3;4H,1H2,2-3H3;/q2*-1;. The molecule has 73 valence electrons. The van der Waals surface area contributed by atoms with Gasteiger partial charge in [0, 0.05) is 32.7 Å². The van der Waals surface area contributed by atoms with Crippen molar-refractivity contribution in [2.45, 2.75) is 47.0 Å². The van der Waals surface area contributed by atoms with Crippen LogP contribution in [0.5, 0.6) is 0 Å². The molecule has 0 atom stereocenters. The second-order valence-corrected chi connectivity index (χ2v) is 3.78. The van der Waals surface area contributed by atoms with Crippen LogP contribution in [0, 0.1) is 25.7 Å². The SMILES string of the molecule is [CH2-]C(C)C.[CH2-]CCCC(C)C.[Y]. The Morgan fingerprint density at radius 1 is 1.08 bits per heavy atom. The van der Waals surface area contributed by atoms with Gasteiger partial charge >= 0.3 is 0 Å². The minimum Gasteiger partial charge on any atom is -0.343 e. The molecule has 0 aromatic carbocycles. The van der Waals surface area contributed by atoms with Gasteiger partial charge in [-0.25, -0.2) is 0 Å². The summed E-state index contributed by atoms with van der Waals surface area (Å²) < 4.78 is 0. The van der Waals surface area contributed by atoms with Crippen LogP contribution in [0.3, 0.4) is 0 Å². The number of rotatable bonds is 3. The van der Waals surface area contributed by atoms with Crippen molar-refractivity contribution in [1.82, 2.24) is 0 Å².